The van der Waals surface area contributed by atoms with Gasteiger partial charge < -0.3 is 9.47 Å². The highest BCUT2D eigenvalue weighted by molar-refractivity contribution is 6.31. The SMILES string of the molecule is COc1ccc(Oc2ccc(Cl)c(C(F)(F)F)c2)c(C#N)c1. The number of halogens is 4. The average Bonchev–Trinajstić information content (AvgIpc) is 2.48. The predicted octanol–water partition coefficient (Wildman–Crippen LogP) is 5.03. The van der Waals surface area contributed by atoms with Crippen molar-refractivity contribution in [1.82, 2.24) is 0 Å². The first-order valence-electron chi connectivity index (χ1n) is 5.98. The van der Waals surface area contributed by atoms with Gasteiger partial charge in [0.25, 0.3) is 0 Å². The largest absolute Gasteiger partial charge is 0.497 e. The van der Waals surface area contributed by atoms with Crippen LogP contribution in [-0.4, -0.2) is 7.11 Å². The molecular formula is C15H9ClF3NO2. The van der Waals surface area contributed by atoms with E-state index in [0.29, 0.717) is 5.75 Å². The van der Waals surface area contributed by atoms with Crippen LogP contribution in [-0.2, 0) is 6.18 Å². The van der Waals surface area contributed by atoms with Crippen LogP contribution in [0.5, 0.6) is 17.2 Å². The summed E-state index contributed by atoms with van der Waals surface area (Å²) >= 11 is 5.54. The maximum absolute atomic E-state index is 12.8. The Morgan fingerprint density at radius 3 is 2.36 bits per heavy atom. The molecule has 2 rings (SSSR count). The Kier molecular flexibility index (Phi) is 4.48. The van der Waals surface area contributed by atoms with Crippen LogP contribution in [0.3, 0.4) is 0 Å². The van der Waals surface area contributed by atoms with Gasteiger partial charge in [0.1, 0.15) is 23.3 Å². The second kappa shape index (κ2) is 6.16. The van der Waals surface area contributed by atoms with Gasteiger partial charge in [-0.25, -0.2) is 0 Å². The summed E-state index contributed by atoms with van der Waals surface area (Å²) in [5, 5.41) is 8.64. The lowest BCUT2D eigenvalue weighted by Gasteiger charge is -2.12. The molecule has 3 nitrogen and oxygen atoms in total. The highest BCUT2D eigenvalue weighted by Gasteiger charge is 2.33. The van der Waals surface area contributed by atoms with E-state index in [1.807, 2.05) is 6.07 Å². The van der Waals surface area contributed by atoms with Crippen molar-refractivity contribution >= 4 is 11.6 Å². The van der Waals surface area contributed by atoms with Crippen LogP contribution in [0, 0.1) is 11.3 Å². The van der Waals surface area contributed by atoms with Gasteiger partial charge in [-0.1, -0.05) is 11.6 Å². The van der Waals surface area contributed by atoms with Crippen molar-refractivity contribution in [1.29, 1.82) is 5.26 Å². The number of nitrogens with zero attached hydrogens (tertiary/aromatic N) is 1. The van der Waals surface area contributed by atoms with Gasteiger partial charge in [-0.2, -0.15) is 18.4 Å². The molecule has 0 radical (unpaired) electrons. The molecule has 7 heteroatoms. The minimum Gasteiger partial charge on any atom is -0.497 e. The van der Waals surface area contributed by atoms with Crippen molar-refractivity contribution in [2.45, 2.75) is 6.18 Å². The predicted molar refractivity (Wildman–Crippen MR) is 74.2 cm³/mol. The van der Waals surface area contributed by atoms with E-state index in [0.717, 1.165) is 12.1 Å². The smallest absolute Gasteiger partial charge is 0.417 e. The molecule has 0 saturated heterocycles. The minimum absolute atomic E-state index is 0.0709. The van der Waals surface area contributed by atoms with E-state index in [9.17, 15) is 13.2 Å². The normalized spacial score (nSPS) is 10.9. The zero-order valence-electron chi connectivity index (χ0n) is 11.2. The number of hydrogen-bond donors (Lipinski definition) is 0. The Labute approximate surface area is 129 Å². The molecule has 0 heterocycles. The van der Waals surface area contributed by atoms with E-state index < -0.39 is 16.8 Å². The Morgan fingerprint density at radius 2 is 1.77 bits per heavy atom. The molecule has 0 amide bonds. The molecule has 2 aromatic carbocycles. The summed E-state index contributed by atoms with van der Waals surface area (Å²) in [5.41, 5.74) is -0.860. The Hall–Kier alpha value is -2.39. The van der Waals surface area contributed by atoms with Gasteiger partial charge in [-0.15, -0.1) is 0 Å². The fraction of sp³-hybridized carbons (Fsp3) is 0.133. The Morgan fingerprint density at radius 1 is 1.09 bits per heavy atom. The molecule has 0 atom stereocenters. The van der Waals surface area contributed by atoms with Crippen LogP contribution < -0.4 is 9.47 Å². The summed E-state index contributed by atoms with van der Waals surface area (Å²) in [6.45, 7) is 0. The third-order valence-electron chi connectivity index (χ3n) is 2.78. The van der Waals surface area contributed by atoms with Gasteiger partial charge in [0.2, 0.25) is 0 Å². The lowest BCUT2D eigenvalue weighted by molar-refractivity contribution is -0.137. The molecule has 0 aliphatic rings. The summed E-state index contributed by atoms with van der Waals surface area (Å²) < 4.78 is 48.7. The molecule has 0 unspecified atom stereocenters. The summed E-state index contributed by atoms with van der Waals surface area (Å²) in [4.78, 5) is 0. The summed E-state index contributed by atoms with van der Waals surface area (Å²) in [7, 11) is 1.44. The molecule has 2 aromatic rings. The van der Waals surface area contributed by atoms with E-state index in [1.54, 1.807) is 0 Å². The van der Waals surface area contributed by atoms with Crippen LogP contribution >= 0.6 is 11.6 Å². The van der Waals surface area contributed by atoms with Gasteiger partial charge >= 0.3 is 6.18 Å². The number of nitriles is 1. The lowest BCUT2D eigenvalue weighted by Crippen LogP contribution is -2.06. The van der Waals surface area contributed by atoms with Crippen LogP contribution in [0.1, 0.15) is 11.1 Å². The number of alkyl halides is 3. The molecule has 0 aromatic heterocycles. The molecule has 0 bridgehead atoms. The molecule has 0 N–H and O–H groups in total. The van der Waals surface area contributed by atoms with E-state index in [1.165, 1.54) is 31.4 Å². The zero-order valence-corrected chi connectivity index (χ0v) is 12.0. The molecule has 22 heavy (non-hydrogen) atoms. The zero-order chi connectivity index (χ0) is 16.3. The first-order valence-corrected chi connectivity index (χ1v) is 6.35. The second-order valence-corrected chi connectivity index (χ2v) is 4.62. The van der Waals surface area contributed by atoms with E-state index in [4.69, 9.17) is 26.3 Å². The van der Waals surface area contributed by atoms with E-state index in [2.05, 4.69) is 0 Å². The monoisotopic (exact) mass is 327 g/mol. The lowest BCUT2D eigenvalue weighted by atomic mass is 10.2. The number of methoxy groups -OCH3 is 1. The standard InChI is InChI=1S/C15H9ClF3NO2/c1-21-10-3-5-14(9(6-10)8-20)22-11-2-4-13(16)12(7-11)15(17,18)19/h2-7H,1H3. The number of hydrogen-bond acceptors (Lipinski definition) is 3. The number of benzene rings is 2. The van der Waals surface area contributed by atoms with Crippen LogP contribution in [0.2, 0.25) is 5.02 Å². The number of rotatable bonds is 3. The molecular weight excluding hydrogens is 319 g/mol. The van der Waals surface area contributed by atoms with E-state index >= 15 is 0 Å². The molecule has 0 spiro atoms. The van der Waals surface area contributed by atoms with Gasteiger partial charge in [-0.3, -0.25) is 0 Å². The van der Waals surface area contributed by atoms with Crippen molar-refractivity contribution in [3.05, 3.63) is 52.5 Å². The van der Waals surface area contributed by atoms with Crippen molar-refractivity contribution in [3.8, 4) is 23.3 Å². The van der Waals surface area contributed by atoms with Crippen LogP contribution in [0.25, 0.3) is 0 Å². The van der Waals surface area contributed by atoms with E-state index in [-0.39, 0.29) is 17.1 Å². The highest BCUT2D eigenvalue weighted by atomic mass is 35.5. The van der Waals surface area contributed by atoms with Crippen molar-refractivity contribution in [3.63, 3.8) is 0 Å². The summed E-state index contributed by atoms with van der Waals surface area (Å²) in [5.74, 6) is 0.494. The molecule has 0 aliphatic heterocycles. The third kappa shape index (κ3) is 3.43. The maximum Gasteiger partial charge on any atom is 0.417 e. The molecule has 0 aliphatic carbocycles. The van der Waals surface area contributed by atoms with Gasteiger partial charge in [0, 0.05) is 6.07 Å². The molecule has 114 valence electrons. The molecule has 0 fully saturated rings. The Balaban J connectivity index is 2.38. The highest BCUT2D eigenvalue weighted by Crippen LogP contribution is 2.38. The topological polar surface area (TPSA) is 42.2 Å². The van der Waals surface area contributed by atoms with Gasteiger partial charge in [0.05, 0.1) is 23.3 Å². The summed E-state index contributed by atoms with van der Waals surface area (Å²) in [6.07, 6.45) is -4.59. The first-order chi connectivity index (χ1) is 10.3. The van der Waals surface area contributed by atoms with Crippen molar-refractivity contribution < 1.29 is 22.6 Å². The summed E-state index contributed by atoms with van der Waals surface area (Å²) in [6, 6.07) is 9.47. The van der Waals surface area contributed by atoms with Gasteiger partial charge in [0.15, 0.2) is 0 Å². The number of ether oxygens (including phenoxy) is 2. The van der Waals surface area contributed by atoms with Crippen molar-refractivity contribution in [2.24, 2.45) is 0 Å². The minimum atomic E-state index is -4.59. The quantitative estimate of drug-likeness (QED) is 0.794. The molecule has 0 saturated carbocycles. The van der Waals surface area contributed by atoms with Crippen LogP contribution in [0.4, 0.5) is 13.2 Å². The Bertz CT molecular complexity index is 739. The third-order valence-corrected chi connectivity index (χ3v) is 3.11. The first kappa shape index (κ1) is 16.0. The second-order valence-electron chi connectivity index (χ2n) is 4.22. The maximum atomic E-state index is 12.8. The fourth-order valence-corrected chi connectivity index (χ4v) is 1.95. The van der Waals surface area contributed by atoms with Crippen LogP contribution in [0.15, 0.2) is 36.4 Å². The van der Waals surface area contributed by atoms with Crippen molar-refractivity contribution in [2.75, 3.05) is 7.11 Å². The fourth-order valence-electron chi connectivity index (χ4n) is 1.72. The average molecular weight is 328 g/mol. The van der Waals surface area contributed by atoms with Gasteiger partial charge in [-0.05, 0) is 30.3 Å².